The summed E-state index contributed by atoms with van der Waals surface area (Å²) in [5, 5.41) is 11.0. The summed E-state index contributed by atoms with van der Waals surface area (Å²) in [6, 6.07) is 10.8. The van der Waals surface area contributed by atoms with Crippen molar-refractivity contribution in [3.63, 3.8) is 0 Å². The van der Waals surface area contributed by atoms with Crippen LogP contribution in [0.3, 0.4) is 0 Å². The Bertz CT molecular complexity index is 921. The second kappa shape index (κ2) is 7.28. The minimum absolute atomic E-state index is 0.176. The highest BCUT2D eigenvalue weighted by molar-refractivity contribution is 5.86. The predicted molar refractivity (Wildman–Crippen MR) is 115 cm³/mol. The van der Waals surface area contributed by atoms with E-state index in [1.165, 1.54) is 10.9 Å². The first-order valence-electron chi connectivity index (χ1n) is 11.2. The van der Waals surface area contributed by atoms with Gasteiger partial charge < -0.3 is 14.9 Å². The van der Waals surface area contributed by atoms with Gasteiger partial charge in [0.15, 0.2) is 0 Å². The number of fused-ring (bicyclic) bond motifs is 1. The van der Waals surface area contributed by atoms with Gasteiger partial charge in [-0.05, 0) is 69.6 Å². The molecule has 154 valence electrons. The second-order valence-corrected chi connectivity index (χ2v) is 9.34. The standard InChI is InChI=1S/C24H31N3O2/c1-17-15-18-5-2-3-6-21(18)25-22(17)26-13-4-11-24(16-26)12-14-27(23(24)29)19-7-9-20(28)10-8-19/h2-3,5-6,15,19-20,28H,4,7-14,16H2,1H3/t19?,20?,24-/m0/s1. The van der Waals surface area contributed by atoms with Gasteiger partial charge in [-0.1, -0.05) is 18.2 Å². The molecule has 5 rings (SSSR count). The molecule has 1 amide bonds. The van der Waals surface area contributed by atoms with Crippen LogP contribution in [-0.2, 0) is 4.79 Å². The Morgan fingerprint density at radius 2 is 1.90 bits per heavy atom. The first-order valence-corrected chi connectivity index (χ1v) is 11.2. The molecule has 0 unspecified atom stereocenters. The highest BCUT2D eigenvalue weighted by Crippen LogP contribution is 2.43. The van der Waals surface area contributed by atoms with Crippen molar-refractivity contribution in [1.82, 2.24) is 9.88 Å². The van der Waals surface area contributed by atoms with E-state index in [1.54, 1.807) is 0 Å². The predicted octanol–water partition coefficient (Wildman–Crippen LogP) is 3.67. The van der Waals surface area contributed by atoms with Crippen LogP contribution in [0.25, 0.3) is 10.9 Å². The maximum atomic E-state index is 13.6. The topological polar surface area (TPSA) is 56.7 Å². The number of piperidine rings is 1. The smallest absolute Gasteiger partial charge is 0.230 e. The largest absolute Gasteiger partial charge is 0.393 e. The lowest BCUT2D eigenvalue weighted by Crippen LogP contribution is -2.50. The molecule has 3 fully saturated rings. The molecule has 0 radical (unpaired) electrons. The number of likely N-dealkylation sites (tertiary alicyclic amines) is 1. The molecule has 1 saturated carbocycles. The lowest BCUT2D eigenvalue weighted by Gasteiger charge is -2.41. The molecule has 5 heteroatoms. The number of hydrogen-bond donors (Lipinski definition) is 1. The number of pyridine rings is 1. The molecule has 3 heterocycles. The molecular weight excluding hydrogens is 362 g/mol. The number of aliphatic hydroxyl groups is 1. The zero-order valence-electron chi connectivity index (χ0n) is 17.3. The summed E-state index contributed by atoms with van der Waals surface area (Å²) in [5.74, 6) is 1.39. The minimum atomic E-state index is -0.256. The molecule has 0 bridgehead atoms. The number of carbonyl (C=O) groups excluding carboxylic acids is 1. The Morgan fingerprint density at radius 3 is 2.72 bits per heavy atom. The van der Waals surface area contributed by atoms with E-state index < -0.39 is 0 Å². The summed E-state index contributed by atoms with van der Waals surface area (Å²) in [6.45, 7) is 4.75. The van der Waals surface area contributed by atoms with E-state index in [9.17, 15) is 9.90 Å². The summed E-state index contributed by atoms with van der Waals surface area (Å²) in [6.07, 6.45) is 6.34. The number of nitrogens with zero attached hydrogens (tertiary/aromatic N) is 3. The Kier molecular flexibility index (Phi) is 4.73. The maximum Gasteiger partial charge on any atom is 0.230 e. The van der Waals surface area contributed by atoms with Crippen LogP contribution in [-0.4, -0.2) is 52.7 Å². The van der Waals surface area contributed by atoms with Crippen molar-refractivity contribution in [3.8, 4) is 0 Å². The molecule has 29 heavy (non-hydrogen) atoms. The van der Waals surface area contributed by atoms with Crippen molar-refractivity contribution >= 4 is 22.6 Å². The van der Waals surface area contributed by atoms with E-state index in [2.05, 4.69) is 41.0 Å². The highest BCUT2D eigenvalue weighted by Gasteiger charge is 2.50. The second-order valence-electron chi connectivity index (χ2n) is 9.34. The van der Waals surface area contributed by atoms with Crippen LogP contribution in [0.15, 0.2) is 30.3 Å². The summed E-state index contributed by atoms with van der Waals surface area (Å²) in [4.78, 5) is 23.0. The number of aromatic nitrogens is 1. The fourth-order valence-corrected chi connectivity index (χ4v) is 5.79. The average Bonchev–Trinajstić information content (AvgIpc) is 3.04. The lowest BCUT2D eigenvalue weighted by molar-refractivity contribution is -0.139. The van der Waals surface area contributed by atoms with E-state index in [4.69, 9.17) is 4.98 Å². The maximum absolute atomic E-state index is 13.6. The summed E-state index contributed by atoms with van der Waals surface area (Å²) >= 11 is 0. The molecule has 2 aliphatic heterocycles. The van der Waals surface area contributed by atoms with Crippen molar-refractivity contribution in [2.45, 2.75) is 64.0 Å². The monoisotopic (exact) mass is 393 g/mol. The zero-order chi connectivity index (χ0) is 20.0. The minimum Gasteiger partial charge on any atom is -0.393 e. The van der Waals surface area contributed by atoms with Crippen LogP contribution in [0.1, 0.15) is 50.5 Å². The number of aryl methyl sites for hydroxylation is 1. The molecule has 5 nitrogen and oxygen atoms in total. The van der Waals surface area contributed by atoms with Gasteiger partial charge in [-0.15, -0.1) is 0 Å². The van der Waals surface area contributed by atoms with Gasteiger partial charge in [-0.2, -0.15) is 0 Å². The fourth-order valence-electron chi connectivity index (χ4n) is 5.79. The van der Waals surface area contributed by atoms with Gasteiger partial charge in [-0.25, -0.2) is 4.98 Å². The van der Waals surface area contributed by atoms with Crippen LogP contribution in [0, 0.1) is 12.3 Å². The molecule has 3 aliphatic rings. The average molecular weight is 394 g/mol. The quantitative estimate of drug-likeness (QED) is 0.846. The van der Waals surface area contributed by atoms with Gasteiger partial charge in [0.25, 0.3) is 0 Å². The fraction of sp³-hybridized carbons (Fsp3) is 0.583. The molecule has 1 atom stereocenters. The molecular formula is C24H31N3O2. The first-order chi connectivity index (χ1) is 14.1. The van der Waals surface area contributed by atoms with E-state index in [0.29, 0.717) is 11.9 Å². The van der Waals surface area contributed by atoms with Crippen molar-refractivity contribution in [2.75, 3.05) is 24.5 Å². The van der Waals surface area contributed by atoms with Gasteiger partial charge in [0.1, 0.15) is 5.82 Å². The van der Waals surface area contributed by atoms with Gasteiger partial charge in [-0.3, -0.25) is 4.79 Å². The third-order valence-electron chi connectivity index (χ3n) is 7.42. The van der Waals surface area contributed by atoms with E-state index in [-0.39, 0.29) is 11.5 Å². The Balaban J connectivity index is 1.38. The number of carbonyl (C=O) groups is 1. The first kappa shape index (κ1) is 18.9. The van der Waals surface area contributed by atoms with Crippen molar-refractivity contribution < 1.29 is 9.90 Å². The van der Waals surface area contributed by atoms with Crippen LogP contribution >= 0.6 is 0 Å². The van der Waals surface area contributed by atoms with Gasteiger partial charge in [0.2, 0.25) is 5.91 Å². The number of aliphatic hydroxyl groups excluding tert-OH is 1. The van der Waals surface area contributed by atoms with Gasteiger partial charge in [0, 0.05) is 31.1 Å². The number of benzene rings is 1. The van der Waals surface area contributed by atoms with Crippen LogP contribution in [0.5, 0.6) is 0 Å². The molecule has 2 saturated heterocycles. The van der Waals surface area contributed by atoms with Crippen LogP contribution in [0.2, 0.25) is 0 Å². The Hall–Kier alpha value is -2.14. The van der Waals surface area contributed by atoms with Crippen molar-refractivity contribution in [3.05, 3.63) is 35.9 Å². The van der Waals surface area contributed by atoms with E-state index in [0.717, 1.165) is 75.9 Å². The van der Waals surface area contributed by atoms with Gasteiger partial charge in [0.05, 0.1) is 17.0 Å². The third-order valence-corrected chi connectivity index (χ3v) is 7.42. The summed E-state index contributed by atoms with van der Waals surface area (Å²) < 4.78 is 0. The van der Waals surface area contributed by atoms with Crippen LogP contribution < -0.4 is 4.90 Å². The zero-order valence-corrected chi connectivity index (χ0v) is 17.3. The number of amides is 1. The number of hydrogen-bond acceptors (Lipinski definition) is 4. The normalized spacial score (nSPS) is 30.5. The molecule has 1 aromatic heterocycles. The van der Waals surface area contributed by atoms with E-state index in [1.807, 2.05) is 6.07 Å². The Morgan fingerprint density at radius 1 is 1.10 bits per heavy atom. The molecule has 1 aromatic carbocycles. The number of rotatable bonds is 2. The molecule has 1 N–H and O–H groups in total. The van der Waals surface area contributed by atoms with Gasteiger partial charge >= 0.3 is 0 Å². The SMILES string of the molecule is Cc1cc2ccccc2nc1N1CCC[C@]2(CCN(C3CCC(O)CC3)C2=O)C1. The molecule has 2 aromatic rings. The van der Waals surface area contributed by atoms with E-state index >= 15 is 0 Å². The lowest BCUT2D eigenvalue weighted by atomic mass is 9.78. The van der Waals surface area contributed by atoms with Crippen molar-refractivity contribution in [2.24, 2.45) is 5.41 Å². The summed E-state index contributed by atoms with van der Waals surface area (Å²) in [7, 11) is 0. The number of anilines is 1. The molecule has 1 spiro atoms. The van der Waals surface area contributed by atoms with Crippen LogP contribution in [0.4, 0.5) is 5.82 Å². The third kappa shape index (κ3) is 3.29. The number of para-hydroxylation sites is 1. The molecule has 1 aliphatic carbocycles. The highest BCUT2D eigenvalue weighted by atomic mass is 16.3. The Labute approximate surface area is 172 Å². The summed E-state index contributed by atoms with van der Waals surface area (Å²) in [5.41, 5.74) is 1.95. The van der Waals surface area contributed by atoms with Crippen molar-refractivity contribution in [1.29, 1.82) is 0 Å².